The number of hydrogen-bond acceptors (Lipinski definition) is 4. The van der Waals surface area contributed by atoms with E-state index in [4.69, 9.17) is 4.52 Å². The molecule has 1 N–H and O–H groups in total. The third kappa shape index (κ3) is 3.87. The lowest BCUT2D eigenvalue weighted by Gasteiger charge is -2.08. The summed E-state index contributed by atoms with van der Waals surface area (Å²) < 4.78 is 4.87. The summed E-state index contributed by atoms with van der Waals surface area (Å²) >= 11 is 0. The molecule has 0 saturated heterocycles. The van der Waals surface area contributed by atoms with Gasteiger partial charge in [0.2, 0.25) is 5.89 Å². The van der Waals surface area contributed by atoms with E-state index >= 15 is 0 Å². The van der Waals surface area contributed by atoms with E-state index in [-0.39, 0.29) is 0 Å². The Balaban J connectivity index is 2.10. The molecule has 1 unspecified atom stereocenters. The van der Waals surface area contributed by atoms with Gasteiger partial charge in [-0.05, 0) is 12.5 Å². The molecule has 80 valence electrons. The fourth-order valence-corrected chi connectivity index (χ4v) is 1.14. The first-order chi connectivity index (χ1) is 6.72. The van der Waals surface area contributed by atoms with Gasteiger partial charge in [0, 0.05) is 19.9 Å². The number of nitrogens with zero attached hydrogens (tertiary/aromatic N) is 2. The Hall–Kier alpha value is -0.900. The maximum atomic E-state index is 4.87. The molecule has 0 spiro atoms. The molecule has 1 heterocycles. The highest BCUT2D eigenvalue weighted by molar-refractivity contribution is 4.84. The minimum atomic E-state index is 0.641. The third-order valence-electron chi connectivity index (χ3n) is 2.28. The van der Waals surface area contributed by atoms with Gasteiger partial charge in [0.15, 0.2) is 5.82 Å². The van der Waals surface area contributed by atoms with Gasteiger partial charge < -0.3 is 9.84 Å². The van der Waals surface area contributed by atoms with Crippen LogP contribution in [0.5, 0.6) is 0 Å². The van der Waals surface area contributed by atoms with Crippen LogP contribution >= 0.6 is 0 Å². The maximum absolute atomic E-state index is 4.87. The van der Waals surface area contributed by atoms with Crippen LogP contribution in [0.15, 0.2) is 4.52 Å². The first-order valence-electron chi connectivity index (χ1n) is 5.22. The largest absolute Gasteiger partial charge is 0.340 e. The predicted molar refractivity (Wildman–Crippen MR) is 55.1 cm³/mol. The Labute approximate surface area is 85.1 Å². The smallest absolute Gasteiger partial charge is 0.223 e. The average molecular weight is 197 g/mol. The molecule has 0 aliphatic rings. The zero-order valence-electron chi connectivity index (χ0n) is 9.21. The zero-order valence-corrected chi connectivity index (χ0v) is 9.21. The lowest BCUT2D eigenvalue weighted by Crippen LogP contribution is -2.23. The summed E-state index contributed by atoms with van der Waals surface area (Å²) in [5, 5.41) is 7.20. The normalized spacial score (nSPS) is 13.1. The predicted octanol–water partition coefficient (Wildman–Crippen LogP) is 1.56. The quantitative estimate of drug-likeness (QED) is 0.703. The number of hydrogen-bond donors (Lipinski definition) is 1. The Morgan fingerprint density at radius 2 is 2.29 bits per heavy atom. The Kier molecular flexibility index (Phi) is 4.59. The number of aromatic nitrogens is 2. The first kappa shape index (κ1) is 11.2. The molecule has 0 aliphatic heterocycles. The van der Waals surface area contributed by atoms with Gasteiger partial charge in [-0.3, -0.25) is 0 Å². The molecule has 1 aromatic rings. The average Bonchev–Trinajstić information content (AvgIpc) is 2.58. The van der Waals surface area contributed by atoms with Crippen LogP contribution in [0.1, 0.15) is 32.0 Å². The van der Waals surface area contributed by atoms with E-state index in [1.807, 2.05) is 6.92 Å². The van der Waals surface area contributed by atoms with Crippen molar-refractivity contribution in [1.82, 2.24) is 15.5 Å². The number of rotatable bonds is 6. The van der Waals surface area contributed by atoms with Crippen LogP contribution in [0.3, 0.4) is 0 Å². The summed E-state index contributed by atoms with van der Waals surface area (Å²) in [6.07, 6.45) is 2.06. The molecule has 0 radical (unpaired) electrons. The second-order valence-electron chi connectivity index (χ2n) is 3.70. The fourth-order valence-electron chi connectivity index (χ4n) is 1.14. The SMILES string of the molecule is CCC(C)CNCCc1noc(C)n1. The molecule has 14 heavy (non-hydrogen) atoms. The van der Waals surface area contributed by atoms with E-state index in [0.717, 1.165) is 31.3 Å². The lowest BCUT2D eigenvalue weighted by molar-refractivity contribution is 0.386. The minimum absolute atomic E-state index is 0.641. The van der Waals surface area contributed by atoms with E-state index in [9.17, 15) is 0 Å². The molecule has 1 rings (SSSR count). The van der Waals surface area contributed by atoms with Crippen molar-refractivity contribution < 1.29 is 4.52 Å². The van der Waals surface area contributed by atoms with Gasteiger partial charge in [0.1, 0.15) is 0 Å². The lowest BCUT2D eigenvalue weighted by atomic mass is 10.1. The molecule has 1 aromatic heterocycles. The van der Waals surface area contributed by atoms with Crippen molar-refractivity contribution in [3.8, 4) is 0 Å². The van der Waals surface area contributed by atoms with Crippen molar-refractivity contribution in [3.05, 3.63) is 11.7 Å². The van der Waals surface area contributed by atoms with E-state index in [1.54, 1.807) is 0 Å². The molecule has 4 heteroatoms. The first-order valence-corrected chi connectivity index (χ1v) is 5.22. The Morgan fingerprint density at radius 1 is 1.50 bits per heavy atom. The molecule has 4 nitrogen and oxygen atoms in total. The highest BCUT2D eigenvalue weighted by Crippen LogP contribution is 1.98. The summed E-state index contributed by atoms with van der Waals surface area (Å²) in [4.78, 5) is 4.13. The molecular weight excluding hydrogens is 178 g/mol. The van der Waals surface area contributed by atoms with Crippen molar-refractivity contribution in [2.24, 2.45) is 5.92 Å². The van der Waals surface area contributed by atoms with Crippen LogP contribution in [-0.2, 0) is 6.42 Å². The number of aryl methyl sites for hydroxylation is 1. The van der Waals surface area contributed by atoms with Gasteiger partial charge in [-0.25, -0.2) is 0 Å². The van der Waals surface area contributed by atoms with Crippen LogP contribution in [0, 0.1) is 12.8 Å². The standard InChI is InChI=1S/C10H19N3O/c1-4-8(2)7-11-6-5-10-12-9(3)14-13-10/h8,11H,4-7H2,1-3H3. The van der Waals surface area contributed by atoms with Crippen molar-refractivity contribution >= 4 is 0 Å². The molecular formula is C10H19N3O. The topological polar surface area (TPSA) is 51.0 Å². The van der Waals surface area contributed by atoms with Crippen molar-refractivity contribution in [2.45, 2.75) is 33.6 Å². The van der Waals surface area contributed by atoms with Crippen LogP contribution in [0.4, 0.5) is 0 Å². The van der Waals surface area contributed by atoms with E-state index in [2.05, 4.69) is 29.3 Å². The Bertz CT molecular complexity index is 260. The monoisotopic (exact) mass is 197 g/mol. The molecule has 0 bridgehead atoms. The van der Waals surface area contributed by atoms with Gasteiger partial charge >= 0.3 is 0 Å². The summed E-state index contributed by atoms with van der Waals surface area (Å²) in [5.74, 6) is 2.17. The second-order valence-corrected chi connectivity index (χ2v) is 3.70. The minimum Gasteiger partial charge on any atom is -0.340 e. The molecule has 1 atom stereocenters. The van der Waals surface area contributed by atoms with Gasteiger partial charge in [-0.1, -0.05) is 25.4 Å². The summed E-state index contributed by atoms with van der Waals surface area (Å²) in [7, 11) is 0. The molecule has 0 saturated carbocycles. The van der Waals surface area contributed by atoms with Crippen molar-refractivity contribution in [2.75, 3.05) is 13.1 Å². The third-order valence-corrected chi connectivity index (χ3v) is 2.28. The highest BCUT2D eigenvalue weighted by atomic mass is 16.5. The van der Waals surface area contributed by atoms with Crippen LogP contribution < -0.4 is 5.32 Å². The van der Waals surface area contributed by atoms with Gasteiger partial charge in [-0.2, -0.15) is 4.98 Å². The zero-order chi connectivity index (χ0) is 10.4. The van der Waals surface area contributed by atoms with Crippen LogP contribution in [0.25, 0.3) is 0 Å². The molecule has 0 aliphatic carbocycles. The van der Waals surface area contributed by atoms with Crippen LogP contribution in [0.2, 0.25) is 0 Å². The molecule has 0 fully saturated rings. The fraction of sp³-hybridized carbons (Fsp3) is 0.800. The summed E-state index contributed by atoms with van der Waals surface area (Å²) in [6.45, 7) is 8.24. The maximum Gasteiger partial charge on any atom is 0.223 e. The number of nitrogens with one attached hydrogen (secondary N) is 1. The van der Waals surface area contributed by atoms with E-state index in [1.165, 1.54) is 6.42 Å². The summed E-state index contributed by atoms with van der Waals surface area (Å²) in [6, 6.07) is 0. The van der Waals surface area contributed by atoms with Crippen LogP contribution in [-0.4, -0.2) is 23.2 Å². The van der Waals surface area contributed by atoms with E-state index in [0.29, 0.717) is 5.89 Å². The second kappa shape index (κ2) is 5.75. The van der Waals surface area contributed by atoms with Crippen molar-refractivity contribution in [3.63, 3.8) is 0 Å². The highest BCUT2D eigenvalue weighted by Gasteiger charge is 2.02. The molecule has 0 amide bonds. The van der Waals surface area contributed by atoms with E-state index < -0.39 is 0 Å². The molecule has 0 aromatic carbocycles. The summed E-state index contributed by atoms with van der Waals surface area (Å²) in [5.41, 5.74) is 0. The van der Waals surface area contributed by atoms with Gasteiger partial charge in [0.25, 0.3) is 0 Å². The van der Waals surface area contributed by atoms with Crippen molar-refractivity contribution in [1.29, 1.82) is 0 Å². The van der Waals surface area contributed by atoms with Gasteiger partial charge in [0.05, 0.1) is 0 Å². The Morgan fingerprint density at radius 3 is 2.86 bits per heavy atom. The van der Waals surface area contributed by atoms with Gasteiger partial charge in [-0.15, -0.1) is 0 Å².